The predicted molar refractivity (Wildman–Crippen MR) is 157 cm³/mol. The number of hydrogen-bond acceptors (Lipinski definition) is 7. The van der Waals surface area contributed by atoms with Gasteiger partial charge in [-0.2, -0.15) is 5.10 Å². The van der Waals surface area contributed by atoms with Crippen molar-refractivity contribution in [3.63, 3.8) is 0 Å². The van der Waals surface area contributed by atoms with Gasteiger partial charge < -0.3 is 24.8 Å². The van der Waals surface area contributed by atoms with Crippen LogP contribution in [-0.4, -0.2) is 43.8 Å². The molecule has 3 N–H and O–H groups in total. The van der Waals surface area contributed by atoms with Crippen molar-refractivity contribution < 1.29 is 28.6 Å². The lowest BCUT2D eigenvalue weighted by Gasteiger charge is -2.13. The van der Waals surface area contributed by atoms with E-state index in [1.807, 2.05) is 26.0 Å². The van der Waals surface area contributed by atoms with E-state index in [2.05, 4.69) is 43.7 Å². The molecule has 10 nitrogen and oxygen atoms in total. The number of hydrogen-bond donors (Lipinski definition) is 3. The van der Waals surface area contributed by atoms with Gasteiger partial charge in [0.2, 0.25) is 0 Å². The molecule has 0 saturated heterocycles. The van der Waals surface area contributed by atoms with Crippen LogP contribution in [0.25, 0.3) is 0 Å². The van der Waals surface area contributed by atoms with Crippen molar-refractivity contribution in [3.8, 4) is 17.2 Å². The molecule has 11 heteroatoms. The van der Waals surface area contributed by atoms with Gasteiger partial charge in [-0.1, -0.05) is 28.6 Å². The average Bonchev–Trinajstić information content (AvgIpc) is 2.94. The van der Waals surface area contributed by atoms with Gasteiger partial charge in [0.1, 0.15) is 12.4 Å². The van der Waals surface area contributed by atoms with E-state index in [4.69, 9.17) is 14.2 Å². The number of carbonyl (C=O) groups is 3. The standard InChI is InChI=1S/C29H29BrN4O6/c1-4-14-39-23-10-7-21(8-11-23)33-28(36)29(37)34-31-17-20-6-13-25(26(16-20)38-5-2)40-18-27(35)32-22-9-12-24(30)19(3)15-22/h4,6-13,15-17H,1,5,14,18H2,2-3H3,(H,32,35)(H,33,36)(H,34,37)/b31-17-. The Morgan fingerprint density at radius 1 is 0.900 bits per heavy atom. The summed E-state index contributed by atoms with van der Waals surface area (Å²) in [7, 11) is 0. The van der Waals surface area contributed by atoms with Gasteiger partial charge in [0.25, 0.3) is 5.91 Å². The SMILES string of the molecule is C=CCOc1ccc(NC(=O)C(=O)N/N=C\c2ccc(OCC(=O)Nc3ccc(Br)c(C)c3)c(OCC)c2)cc1. The summed E-state index contributed by atoms with van der Waals surface area (Å²) in [5.41, 5.74) is 4.83. The number of nitrogens with zero attached hydrogens (tertiary/aromatic N) is 1. The Morgan fingerprint density at radius 2 is 1.65 bits per heavy atom. The summed E-state index contributed by atoms with van der Waals surface area (Å²) in [4.78, 5) is 36.6. The third-order valence-corrected chi connectivity index (χ3v) is 6.02. The molecule has 0 saturated carbocycles. The van der Waals surface area contributed by atoms with Gasteiger partial charge in [-0.3, -0.25) is 14.4 Å². The fourth-order valence-electron chi connectivity index (χ4n) is 3.25. The van der Waals surface area contributed by atoms with Crippen LogP contribution >= 0.6 is 15.9 Å². The summed E-state index contributed by atoms with van der Waals surface area (Å²) in [5, 5.41) is 9.10. The molecule has 0 aromatic heterocycles. The summed E-state index contributed by atoms with van der Waals surface area (Å²) in [6.45, 7) is 7.81. The first kappa shape index (κ1) is 29.9. The summed E-state index contributed by atoms with van der Waals surface area (Å²) in [6, 6.07) is 17.0. The van der Waals surface area contributed by atoms with Crippen molar-refractivity contribution in [2.24, 2.45) is 5.10 Å². The van der Waals surface area contributed by atoms with E-state index < -0.39 is 11.8 Å². The van der Waals surface area contributed by atoms with Gasteiger partial charge in [-0.15, -0.1) is 0 Å². The maximum Gasteiger partial charge on any atom is 0.329 e. The van der Waals surface area contributed by atoms with Crippen molar-refractivity contribution in [1.82, 2.24) is 5.43 Å². The monoisotopic (exact) mass is 608 g/mol. The number of anilines is 2. The van der Waals surface area contributed by atoms with Gasteiger partial charge >= 0.3 is 11.8 Å². The minimum Gasteiger partial charge on any atom is -0.490 e. The molecule has 3 amide bonds. The van der Waals surface area contributed by atoms with Crippen LogP contribution in [0.5, 0.6) is 17.2 Å². The Bertz CT molecular complexity index is 1390. The van der Waals surface area contributed by atoms with Crippen molar-refractivity contribution in [3.05, 3.63) is 88.9 Å². The Morgan fingerprint density at radius 3 is 2.35 bits per heavy atom. The molecule has 0 bridgehead atoms. The number of benzene rings is 3. The highest BCUT2D eigenvalue weighted by Crippen LogP contribution is 2.28. The van der Waals surface area contributed by atoms with Crippen molar-refractivity contribution >= 4 is 51.2 Å². The molecule has 3 aromatic rings. The molecule has 208 valence electrons. The maximum atomic E-state index is 12.4. The summed E-state index contributed by atoms with van der Waals surface area (Å²) in [5.74, 6) is -0.789. The third kappa shape index (κ3) is 9.28. The van der Waals surface area contributed by atoms with Gasteiger partial charge in [0.05, 0.1) is 12.8 Å². The first-order valence-electron chi connectivity index (χ1n) is 12.2. The Balaban J connectivity index is 1.53. The van der Waals surface area contributed by atoms with Crippen LogP contribution in [0.15, 0.2) is 82.9 Å². The van der Waals surface area contributed by atoms with Crippen LogP contribution in [-0.2, 0) is 14.4 Å². The Kier molecular flexibility index (Phi) is 11.3. The van der Waals surface area contributed by atoms with Crippen molar-refractivity contribution in [1.29, 1.82) is 0 Å². The molecule has 0 aliphatic rings. The minimum atomic E-state index is -0.944. The number of ether oxygens (including phenoxy) is 3. The number of hydrazone groups is 1. The van der Waals surface area contributed by atoms with Gasteiger partial charge in [-0.05, 0) is 85.6 Å². The largest absolute Gasteiger partial charge is 0.490 e. The number of rotatable bonds is 12. The van der Waals surface area contributed by atoms with E-state index in [1.165, 1.54) is 6.21 Å². The second kappa shape index (κ2) is 15.1. The zero-order valence-electron chi connectivity index (χ0n) is 22.0. The summed E-state index contributed by atoms with van der Waals surface area (Å²) in [6.07, 6.45) is 2.97. The molecule has 0 atom stereocenters. The molecule has 0 spiro atoms. The molecule has 0 aliphatic carbocycles. The molecule has 40 heavy (non-hydrogen) atoms. The van der Waals surface area contributed by atoms with Gasteiger partial charge in [0, 0.05) is 15.8 Å². The van der Waals surface area contributed by atoms with Crippen molar-refractivity contribution in [2.75, 3.05) is 30.5 Å². The van der Waals surface area contributed by atoms with Crippen LogP contribution in [0.3, 0.4) is 0 Å². The van der Waals surface area contributed by atoms with Crippen LogP contribution in [0.4, 0.5) is 11.4 Å². The first-order valence-corrected chi connectivity index (χ1v) is 13.0. The summed E-state index contributed by atoms with van der Waals surface area (Å²) < 4.78 is 17.6. The number of aryl methyl sites for hydroxylation is 1. The fourth-order valence-corrected chi connectivity index (χ4v) is 3.50. The molecular weight excluding hydrogens is 580 g/mol. The topological polar surface area (TPSA) is 127 Å². The second-order valence-corrected chi connectivity index (χ2v) is 9.07. The smallest absolute Gasteiger partial charge is 0.329 e. The molecule has 3 aromatic carbocycles. The first-order chi connectivity index (χ1) is 19.3. The summed E-state index contributed by atoms with van der Waals surface area (Å²) >= 11 is 3.43. The van der Waals surface area contributed by atoms with Crippen LogP contribution in [0, 0.1) is 6.92 Å². The van der Waals surface area contributed by atoms with Gasteiger partial charge in [-0.25, -0.2) is 5.43 Å². The highest BCUT2D eigenvalue weighted by Gasteiger charge is 2.13. The maximum absolute atomic E-state index is 12.4. The third-order valence-electron chi connectivity index (χ3n) is 5.13. The quantitative estimate of drug-likeness (QED) is 0.117. The lowest BCUT2D eigenvalue weighted by molar-refractivity contribution is -0.136. The molecular formula is C29H29BrN4O6. The normalized spacial score (nSPS) is 10.5. The Hall–Kier alpha value is -4.64. The zero-order chi connectivity index (χ0) is 28.9. The number of halogens is 1. The zero-order valence-corrected chi connectivity index (χ0v) is 23.6. The number of amides is 3. The van der Waals surface area contributed by atoms with E-state index in [0.29, 0.717) is 47.4 Å². The second-order valence-electron chi connectivity index (χ2n) is 8.22. The van der Waals surface area contributed by atoms with Crippen LogP contribution in [0.2, 0.25) is 0 Å². The average molecular weight is 609 g/mol. The number of carbonyl (C=O) groups excluding carboxylic acids is 3. The highest BCUT2D eigenvalue weighted by atomic mass is 79.9. The fraction of sp³-hybridized carbons (Fsp3) is 0.172. The lowest BCUT2D eigenvalue weighted by Crippen LogP contribution is -2.32. The van der Waals surface area contributed by atoms with E-state index in [1.54, 1.807) is 54.6 Å². The predicted octanol–water partition coefficient (Wildman–Crippen LogP) is 4.83. The van der Waals surface area contributed by atoms with E-state index in [9.17, 15) is 14.4 Å². The minimum absolute atomic E-state index is 0.224. The molecule has 0 unspecified atom stereocenters. The molecule has 0 aliphatic heterocycles. The van der Waals surface area contributed by atoms with E-state index >= 15 is 0 Å². The van der Waals surface area contributed by atoms with E-state index in [0.717, 1.165) is 10.0 Å². The molecule has 3 rings (SSSR count). The van der Waals surface area contributed by atoms with E-state index in [-0.39, 0.29) is 12.5 Å². The van der Waals surface area contributed by atoms with Crippen molar-refractivity contribution in [2.45, 2.75) is 13.8 Å². The Labute approximate surface area is 240 Å². The molecule has 0 radical (unpaired) electrons. The highest BCUT2D eigenvalue weighted by molar-refractivity contribution is 9.10. The van der Waals surface area contributed by atoms with Crippen LogP contribution in [0.1, 0.15) is 18.1 Å². The van der Waals surface area contributed by atoms with Crippen LogP contribution < -0.4 is 30.3 Å². The number of nitrogens with one attached hydrogen (secondary N) is 3. The molecule has 0 heterocycles. The molecule has 0 fully saturated rings. The van der Waals surface area contributed by atoms with Gasteiger partial charge in [0.15, 0.2) is 18.1 Å². The lowest BCUT2D eigenvalue weighted by atomic mass is 10.2.